The summed E-state index contributed by atoms with van der Waals surface area (Å²) in [6.45, 7) is 9.78. The van der Waals surface area contributed by atoms with Crippen LogP contribution in [0.4, 0.5) is 0 Å². The van der Waals surface area contributed by atoms with Crippen LogP contribution < -0.4 is 5.32 Å². The molecular formula is C13H25IN4OS. The van der Waals surface area contributed by atoms with E-state index < -0.39 is 0 Å². The SMILES string of the molecule is CCNC(=NCCOCC)N(C)Cc1csc(C)n1.I. The van der Waals surface area contributed by atoms with E-state index in [1.165, 1.54) is 0 Å². The topological polar surface area (TPSA) is 49.8 Å². The van der Waals surface area contributed by atoms with Crippen LogP contribution >= 0.6 is 35.3 Å². The highest BCUT2D eigenvalue weighted by Gasteiger charge is 2.08. The Morgan fingerprint density at radius 2 is 2.25 bits per heavy atom. The molecule has 0 saturated carbocycles. The predicted molar refractivity (Wildman–Crippen MR) is 96.2 cm³/mol. The van der Waals surface area contributed by atoms with Gasteiger partial charge in [-0.25, -0.2) is 4.98 Å². The zero-order valence-corrected chi connectivity index (χ0v) is 15.8. The Kier molecular flexibility index (Phi) is 11.0. The highest BCUT2D eigenvalue weighted by Crippen LogP contribution is 2.09. The molecule has 20 heavy (non-hydrogen) atoms. The molecule has 0 aliphatic carbocycles. The molecule has 0 fully saturated rings. The molecule has 1 heterocycles. The first-order valence-corrected chi connectivity index (χ1v) is 7.53. The van der Waals surface area contributed by atoms with Crippen LogP contribution in [0.2, 0.25) is 0 Å². The van der Waals surface area contributed by atoms with Gasteiger partial charge in [-0.05, 0) is 20.8 Å². The number of nitrogens with one attached hydrogen (secondary N) is 1. The molecule has 0 amide bonds. The van der Waals surface area contributed by atoms with Crippen molar-refractivity contribution in [2.24, 2.45) is 4.99 Å². The minimum absolute atomic E-state index is 0. The van der Waals surface area contributed by atoms with Gasteiger partial charge in [0, 0.05) is 25.6 Å². The van der Waals surface area contributed by atoms with Crippen LogP contribution in [-0.4, -0.2) is 49.2 Å². The molecule has 1 N–H and O–H groups in total. The monoisotopic (exact) mass is 412 g/mol. The molecule has 5 nitrogen and oxygen atoms in total. The van der Waals surface area contributed by atoms with Gasteiger partial charge in [-0.15, -0.1) is 35.3 Å². The van der Waals surface area contributed by atoms with Crippen molar-refractivity contribution in [3.63, 3.8) is 0 Å². The normalized spacial score (nSPS) is 11.1. The van der Waals surface area contributed by atoms with Gasteiger partial charge in [0.05, 0.1) is 30.4 Å². The summed E-state index contributed by atoms with van der Waals surface area (Å²) in [7, 11) is 2.02. The number of aliphatic imine (C=N–C) groups is 1. The zero-order chi connectivity index (χ0) is 14.1. The van der Waals surface area contributed by atoms with Gasteiger partial charge in [-0.2, -0.15) is 0 Å². The summed E-state index contributed by atoms with van der Waals surface area (Å²) in [5.74, 6) is 0.896. The van der Waals surface area contributed by atoms with Gasteiger partial charge in [0.2, 0.25) is 0 Å². The van der Waals surface area contributed by atoms with Crippen LogP contribution in [-0.2, 0) is 11.3 Å². The molecule has 0 saturated heterocycles. The van der Waals surface area contributed by atoms with E-state index in [-0.39, 0.29) is 24.0 Å². The molecule has 7 heteroatoms. The molecule has 0 aliphatic rings. The van der Waals surface area contributed by atoms with Crippen molar-refractivity contribution in [1.29, 1.82) is 0 Å². The van der Waals surface area contributed by atoms with Gasteiger partial charge in [-0.3, -0.25) is 4.99 Å². The molecule has 0 spiro atoms. The summed E-state index contributed by atoms with van der Waals surface area (Å²) in [5, 5.41) is 6.47. The first-order chi connectivity index (χ1) is 9.17. The van der Waals surface area contributed by atoms with Crippen molar-refractivity contribution in [1.82, 2.24) is 15.2 Å². The third kappa shape index (κ3) is 7.39. The number of nitrogens with zero attached hydrogens (tertiary/aromatic N) is 3. The van der Waals surface area contributed by atoms with Crippen LogP contribution in [0.15, 0.2) is 10.4 Å². The van der Waals surface area contributed by atoms with Gasteiger partial charge in [0.1, 0.15) is 0 Å². The summed E-state index contributed by atoms with van der Waals surface area (Å²) in [5.41, 5.74) is 1.08. The zero-order valence-electron chi connectivity index (χ0n) is 12.7. The van der Waals surface area contributed by atoms with Gasteiger partial charge < -0.3 is 15.0 Å². The summed E-state index contributed by atoms with van der Waals surface area (Å²) < 4.78 is 5.30. The maximum Gasteiger partial charge on any atom is 0.194 e. The second kappa shape index (κ2) is 11.3. The third-order valence-electron chi connectivity index (χ3n) is 2.46. The number of aryl methyl sites for hydroxylation is 1. The fourth-order valence-corrected chi connectivity index (χ4v) is 2.23. The standard InChI is InChI=1S/C13H24N4OS.HI/c1-5-14-13(15-7-8-18-6-2)17(4)9-12-10-19-11(3)16-12;/h10H,5-9H2,1-4H3,(H,14,15);1H. The lowest BCUT2D eigenvalue weighted by atomic mass is 10.4. The summed E-state index contributed by atoms with van der Waals surface area (Å²) >= 11 is 1.68. The number of thiazole rings is 1. The van der Waals surface area contributed by atoms with Crippen LogP contribution in [0.3, 0.4) is 0 Å². The van der Waals surface area contributed by atoms with E-state index in [0.717, 1.165) is 36.4 Å². The fraction of sp³-hybridized carbons (Fsp3) is 0.692. The Hall–Kier alpha value is -0.410. The Morgan fingerprint density at radius 3 is 2.80 bits per heavy atom. The van der Waals surface area contributed by atoms with E-state index in [4.69, 9.17) is 4.74 Å². The van der Waals surface area contributed by atoms with Crippen molar-refractivity contribution in [3.8, 4) is 0 Å². The maximum absolute atomic E-state index is 5.30. The largest absolute Gasteiger partial charge is 0.380 e. The molecule has 0 aliphatic heterocycles. The van der Waals surface area contributed by atoms with E-state index in [0.29, 0.717) is 13.2 Å². The predicted octanol–water partition coefficient (Wildman–Crippen LogP) is 2.50. The maximum atomic E-state index is 5.30. The number of guanidine groups is 1. The summed E-state index contributed by atoms with van der Waals surface area (Å²) in [6, 6.07) is 0. The van der Waals surface area contributed by atoms with Crippen LogP contribution in [0.25, 0.3) is 0 Å². The van der Waals surface area contributed by atoms with Gasteiger partial charge in [0.15, 0.2) is 5.96 Å². The fourth-order valence-electron chi connectivity index (χ4n) is 1.63. The molecule has 0 unspecified atom stereocenters. The van der Waals surface area contributed by atoms with Gasteiger partial charge >= 0.3 is 0 Å². The molecule has 116 valence electrons. The smallest absolute Gasteiger partial charge is 0.194 e. The minimum Gasteiger partial charge on any atom is -0.380 e. The molecule has 0 radical (unpaired) electrons. The first kappa shape index (κ1) is 19.6. The molecule has 1 rings (SSSR count). The molecule has 0 bridgehead atoms. The second-order valence-corrected chi connectivity index (χ2v) is 5.21. The summed E-state index contributed by atoms with van der Waals surface area (Å²) in [6.07, 6.45) is 0. The number of halogens is 1. The molecular weight excluding hydrogens is 387 g/mol. The number of hydrogen-bond donors (Lipinski definition) is 1. The van der Waals surface area contributed by atoms with Crippen molar-refractivity contribution in [3.05, 3.63) is 16.1 Å². The second-order valence-electron chi connectivity index (χ2n) is 4.15. The van der Waals surface area contributed by atoms with Gasteiger partial charge in [0.25, 0.3) is 0 Å². The molecule has 1 aromatic heterocycles. The number of hydrogen-bond acceptors (Lipinski definition) is 4. The van der Waals surface area contributed by atoms with Crippen molar-refractivity contribution in [2.75, 3.05) is 33.4 Å². The number of rotatable bonds is 7. The summed E-state index contributed by atoms with van der Waals surface area (Å²) in [4.78, 5) is 11.1. The van der Waals surface area contributed by atoms with E-state index in [1.54, 1.807) is 11.3 Å². The Bertz CT molecular complexity index is 397. The van der Waals surface area contributed by atoms with Crippen LogP contribution in [0.1, 0.15) is 24.5 Å². The van der Waals surface area contributed by atoms with E-state index >= 15 is 0 Å². The Labute approximate surface area is 142 Å². The van der Waals surface area contributed by atoms with Crippen molar-refractivity contribution in [2.45, 2.75) is 27.3 Å². The highest BCUT2D eigenvalue weighted by atomic mass is 127. The van der Waals surface area contributed by atoms with Crippen molar-refractivity contribution >= 4 is 41.3 Å². The average molecular weight is 412 g/mol. The van der Waals surface area contributed by atoms with Crippen LogP contribution in [0, 0.1) is 6.92 Å². The first-order valence-electron chi connectivity index (χ1n) is 6.65. The van der Waals surface area contributed by atoms with E-state index in [2.05, 4.69) is 32.5 Å². The average Bonchev–Trinajstić information content (AvgIpc) is 2.78. The van der Waals surface area contributed by atoms with E-state index in [1.807, 2.05) is 20.9 Å². The van der Waals surface area contributed by atoms with Gasteiger partial charge in [-0.1, -0.05) is 0 Å². The number of aromatic nitrogens is 1. The van der Waals surface area contributed by atoms with Crippen molar-refractivity contribution < 1.29 is 4.74 Å². The molecule has 1 aromatic rings. The molecule has 0 aromatic carbocycles. The lowest BCUT2D eigenvalue weighted by molar-refractivity contribution is 0.155. The third-order valence-corrected chi connectivity index (χ3v) is 3.29. The lowest BCUT2D eigenvalue weighted by Crippen LogP contribution is -2.38. The minimum atomic E-state index is 0. The Morgan fingerprint density at radius 1 is 1.50 bits per heavy atom. The molecule has 0 atom stereocenters. The number of ether oxygens (including phenoxy) is 1. The van der Waals surface area contributed by atoms with E-state index in [9.17, 15) is 0 Å². The quantitative estimate of drug-likeness (QED) is 0.324. The van der Waals surface area contributed by atoms with Crippen LogP contribution in [0.5, 0.6) is 0 Å². The Balaban J connectivity index is 0.00000361. The highest BCUT2D eigenvalue weighted by molar-refractivity contribution is 14.0. The lowest BCUT2D eigenvalue weighted by Gasteiger charge is -2.21.